The highest BCUT2D eigenvalue weighted by Gasteiger charge is 2.26. The van der Waals surface area contributed by atoms with E-state index in [1.54, 1.807) is 0 Å². The molecular formula is C17H22N2O3. The van der Waals surface area contributed by atoms with Gasteiger partial charge in [-0.25, -0.2) is 0 Å². The maximum absolute atomic E-state index is 12.1. The quantitative estimate of drug-likeness (QED) is 0.873. The molecule has 22 heavy (non-hydrogen) atoms. The van der Waals surface area contributed by atoms with Gasteiger partial charge in [0.05, 0.1) is 6.61 Å². The molecule has 0 saturated carbocycles. The largest absolute Gasteiger partial charge is 0.392 e. The Balaban J connectivity index is 1.38. The highest BCUT2D eigenvalue weighted by molar-refractivity contribution is 6.39. The molecule has 0 aliphatic carbocycles. The number of aryl methyl sites for hydroxylation is 1. The SMILES string of the molecule is O=C(NCC1CCOC1)C1=NOC(CCc2ccccc2)C1. The van der Waals surface area contributed by atoms with Crippen molar-refractivity contribution in [1.29, 1.82) is 0 Å². The monoisotopic (exact) mass is 302 g/mol. The fourth-order valence-electron chi connectivity index (χ4n) is 2.77. The average molecular weight is 302 g/mol. The third kappa shape index (κ3) is 4.07. The molecule has 5 heteroatoms. The summed E-state index contributed by atoms with van der Waals surface area (Å²) in [6, 6.07) is 10.3. The molecule has 0 aromatic heterocycles. The number of benzene rings is 1. The normalized spacial score (nSPS) is 23.9. The molecule has 1 amide bonds. The molecule has 0 spiro atoms. The summed E-state index contributed by atoms with van der Waals surface area (Å²) in [5.74, 6) is 0.329. The minimum atomic E-state index is -0.103. The number of rotatable bonds is 6. The van der Waals surface area contributed by atoms with Crippen molar-refractivity contribution in [3.8, 4) is 0 Å². The predicted octanol–water partition coefficient (Wildman–Crippen LogP) is 1.92. The van der Waals surface area contributed by atoms with Crippen molar-refractivity contribution in [2.24, 2.45) is 11.1 Å². The van der Waals surface area contributed by atoms with Gasteiger partial charge in [0.1, 0.15) is 11.8 Å². The standard InChI is InChI=1S/C17H22N2O3/c20-17(18-11-14-8-9-21-12-14)16-10-15(22-19-16)7-6-13-4-2-1-3-5-13/h1-5,14-15H,6-12H2,(H,18,20). The Kier molecular flexibility index (Phi) is 5.06. The van der Waals surface area contributed by atoms with Gasteiger partial charge in [0.2, 0.25) is 0 Å². The Hall–Kier alpha value is -1.88. The number of oxime groups is 1. The molecule has 0 radical (unpaired) electrons. The molecule has 1 fully saturated rings. The average Bonchev–Trinajstić information content (AvgIpc) is 3.23. The van der Waals surface area contributed by atoms with Crippen molar-refractivity contribution in [2.75, 3.05) is 19.8 Å². The number of hydrogen-bond donors (Lipinski definition) is 1. The Morgan fingerprint density at radius 1 is 1.32 bits per heavy atom. The summed E-state index contributed by atoms with van der Waals surface area (Å²) in [4.78, 5) is 17.4. The van der Waals surface area contributed by atoms with E-state index in [4.69, 9.17) is 9.57 Å². The summed E-state index contributed by atoms with van der Waals surface area (Å²) in [7, 11) is 0. The first-order valence-electron chi connectivity index (χ1n) is 7.94. The molecular weight excluding hydrogens is 280 g/mol. The van der Waals surface area contributed by atoms with E-state index in [0.717, 1.165) is 32.5 Å². The van der Waals surface area contributed by atoms with Gasteiger partial charge in [-0.2, -0.15) is 0 Å². The zero-order valence-corrected chi connectivity index (χ0v) is 12.7. The lowest BCUT2D eigenvalue weighted by molar-refractivity contribution is -0.115. The molecule has 2 aliphatic rings. The lowest BCUT2D eigenvalue weighted by atomic mass is 10.0. The van der Waals surface area contributed by atoms with Gasteiger partial charge in [0, 0.05) is 25.5 Å². The summed E-state index contributed by atoms with van der Waals surface area (Å²) in [5.41, 5.74) is 1.79. The van der Waals surface area contributed by atoms with E-state index in [1.165, 1.54) is 5.56 Å². The molecule has 2 unspecified atom stereocenters. The molecule has 1 aromatic rings. The summed E-state index contributed by atoms with van der Waals surface area (Å²) in [5, 5.41) is 6.88. The van der Waals surface area contributed by atoms with Crippen LogP contribution in [0, 0.1) is 5.92 Å². The molecule has 0 bridgehead atoms. The van der Waals surface area contributed by atoms with Gasteiger partial charge in [-0.3, -0.25) is 4.79 Å². The number of carbonyl (C=O) groups is 1. The van der Waals surface area contributed by atoms with Crippen LogP contribution in [-0.4, -0.2) is 37.5 Å². The number of carbonyl (C=O) groups excluding carboxylic acids is 1. The van der Waals surface area contributed by atoms with E-state index in [-0.39, 0.29) is 12.0 Å². The first-order valence-corrected chi connectivity index (χ1v) is 7.94. The zero-order chi connectivity index (χ0) is 15.2. The fraction of sp³-hybridized carbons (Fsp3) is 0.529. The molecule has 1 saturated heterocycles. The zero-order valence-electron chi connectivity index (χ0n) is 12.7. The first-order chi connectivity index (χ1) is 10.8. The van der Waals surface area contributed by atoms with Crippen molar-refractivity contribution < 1.29 is 14.4 Å². The van der Waals surface area contributed by atoms with Crippen molar-refractivity contribution in [3.63, 3.8) is 0 Å². The van der Waals surface area contributed by atoms with Gasteiger partial charge in [-0.05, 0) is 24.8 Å². The van der Waals surface area contributed by atoms with Crippen LogP contribution in [0.15, 0.2) is 35.5 Å². The molecule has 2 heterocycles. The highest BCUT2D eigenvalue weighted by Crippen LogP contribution is 2.17. The van der Waals surface area contributed by atoms with Gasteiger partial charge in [-0.1, -0.05) is 35.5 Å². The van der Waals surface area contributed by atoms with Crippen LogP contribution >= 0.6 is 0 Å². The molecule has 2 atom stereocenters. The molecule has 5 nitrogen and oxygen atoms in total. The number of amides is 1. The fourth-order valence-corrected chi connectivity index (χ4v) is 2.77. The lowest BCUT2D eigenvalue weighted by Crippen LogP contribution is -2.34. The minimum Gasteiger partial charge on any atom is -0.392 e. The Bertz CT molecular complexity index is 524. The van der Waals surface area contributed by atoms with E-state index in [2.05, 4.69) is 22.6 Å². The van der Waals surface area contributed by atoms with Gasteiger partial charge < -0.3 is 14.9 Å². The van der Waals surface area contributed by atoms with Gasteiger partial charge in [0.15, 0.2) is 0 Å². The van der Waals surface area contributed by atoms with Gasteiger partial charge in [0.25, 0.3) is 5.91 Å². The second-order valence-electron chi connectivity index (χ2n) is 5.93. The van der Waals surface area contributed by atoms with Crippen LogP contribution in [0.3, 0.4) is 0 Å². The van der Waals surface area contributed by atoms with E-state index in [0.29, 0.717) is 24.6 Å². The Morgan fingerprint density at radius 3 is 2.95 bits per heavy atom. The van der Waals surface area contributed by atoms with Crippen molar-refractivity contribution in [2.45, 2.75) is 31.8 Å². The van der Waals surface area contributed by atoms with E-state index >= 15 is 0 Å². The lowest BCUT2D eigenvalue weighted by Gasteiger charge is -2.09. The summed E-state index contributed by atoms with van der Waals surface area (Å²) >= 11 is 0. The third-order valence-electron chi connectivity index (χ3n) is 4.17. The first kappa shape index (κ1) is 15.0. The molecule has 1 aromatic carbocycles. The molecule has 1 N–H and O–H groups in total. The predicted molar refractivity (Wildman–Crippen MR) is 83.6 cm³/mol. The molecule has 2 aliphatic heterocycles. The van der Waals surface area contributed by atoms with Crippen LogP contribution in [0.25, 0.3) is 0 Å². The Labute approximate surface area is 130 Å². The topological polar surface area (TPSA) is 59.9 Å². The van der Waals surface area contributed by atoms with Crippen molar-refractivity contribution >= 4 is 11.6 Å². The minimum absolute atomic E-state index is 0.00997. The Morgan fingerprint density at radius 2 is 2.18 bits per heavy atom. The number of ether oxygens (including phenoxy) is 1. The summed E-state index contributed by atoms with van der Waals surface area (Å²) in [6.45, 7) is 2.20. The summed E-state index contributed by atoms with van der Waals surface area (Å²) in [6.07, 6.45) is 3.44. The highest BCUT2D eigenvalue weighted by atomic mass is 16.6. The molecule has 118 valence electrons. The number of hydrogen-bond acceptors (Lipinski definition) is 4. The van der Waals surface area contributed by atoms with E-state index < -0.39 is 0 Å². The van der Waals surface area contributed by atoms with E-state index in [1.807, 2.05) is 18.2 Å². The van der Waals surface area contributed by atoms with Crippen LogP contribution in [0.4, 0.5) is 0 Å². The second-order valence-corrected chi connectivity index (χ2v) is 5.93. The second kappa shape index (κ2) is 7.40. The van der Waals surface area contributed by atoms with Crippen LogP contribution < -0.4 is 5.32 Å². The maximum atomic E-state index is 12.1. The van der Waals surface area contributed by atoms with Crippen molar-refractivity contribution in [3.05, 3.63) is 35.9 Å². The third-order valence-corrected chi connectivity index (χ3v) is 4.17. The smallest absolute Gasteiger partial charge is 0.269 e. The van der Waals surface area contributed by atoms with Crippen LogP contribution in [0.2, 0.25) is 0 Å². The van der Waals surface area contributed by atoms with Crippen LogP contribution in [0.1, 0.15) is 24.8 Å². The number of nitrogens with one attached hydrogen (secondary N) is 1. The number of nitrogens with zero attached hydrogens (tertiary/aromatic N) is 1. The van der Waals surface area contributed by atoms with E-state index in [9.17, 15) is 4.79 Å². The molecule has 3 rings (SSSR count). The maximum Gasteiger partial charge on any atom is 0.269 e. The van der Waals surface area contributed by atoms with Gasteiger partial charge in [-0.15, -0.1) is 0 Å². The summed E-state index contributed by atoms with van der Waals surface area (Å²) < 4.78 is 5.30. The van der Waals surface area contributed by atoms with Crippen LogP contribution in [0.5, 0.6) is 0 Å². The van der Waals surface area contributed by atoms with Crippen molar-refractivity contribution in [1.82, 2.24) is 5.32 Å². The van der Waals surface area contributed by atoms with Crippen LogP contribution in [-0.2, 0) is 20.8 Å². The van der Waals surface area contributed by atoms with Gasteiger partial charge >= 0.3 is 0 Å².